The number of carbonyl (C=O) groups is 2. The predicted octanol–water partition coefficient (Wildman–Crippen LogP) is 9.54. The van der Waals surface area contributed by atoms with E-state index in [0.29, 0.717) is 22.9 Å². The topological polar surface area (TPSA) is 59.1 Å². The number of rotatable bonds is 4. The zero-order chi connectivity index (χ0) is 44.6. The second-order valence-electron chi connectivity index (χ2n) is 21.0. The molecule has 0 aliphatic carbocycles. The molecule has 6 nitrogen and oxygen atoms in total. The normalized spacial score (nSPS) is 15.7. The number of hydrogen-bond donors (Lipinski definition) is 0. The van der Waals surface area contributed by atoms with Gasteiger partial charge in [-0.3, -0.25) is 0 Å². The molecule has 8 heteroatoms. The number of anilines is 2. The van der Waals surface area contributed by atoms with Gasteiger partial charge in [0.15, 0.2) is 0 Å². The average Bonchev–Trinajstić information content (AvgIpc) is 3.77. The van der Waals surface area contributed by atoms with Gasteiger partial charge in [0.2, 0.25) is 0 Å². The van der Waals surface area contributed by atoms with E-state index in [1.165, 1.54) is 0 Å². The third-order valence-corrected chi connectivity index (χ3v) is 28.3. The maximum atomic E-state index is 16.6. The summed E-state index contributed by atoms with van der Waals surface area (Å²) in [6.45, 7) is 26.3. The van der Waals surface area contributed by atoms with Gasteiger partial charge in [0.25, 0.3) is 0 Å². The van der Waals surface area contributed by atoms with E-state index >= 15 is 9.59 Å². The van der Waals surface area contributed by atoms with Gasteiger partial charge in [-0.25, -0.2) is 0 Å². The number of nitrogens with zero attached hydrogens (tertiary/aromatic N) is 2. The standard InChI is InChI=1S/C54H60Ge2N2O4/c1-51(2,3)37-33-43(53(7,8)9)47-45(35-37)57(55(61-47,39-25-17-13-18-26-39)40-27-19-14-20-28-40)49(59)50(60)58-46-36-38(52(4,5)6)34-44(54(10,11)12)48(46)62-56(58,41-29-21-15-22-30-41)42-31-23-16-24-32-42/h13-36H,1-12H3. The van der Waals surface area contributed by atoms with Crippen molar-refractivity contribution in [3.05, 3.63) is 168 Å². The molecule has 0 N–H and O–H groups in total. The molecule has 62 heavy (non-hydrogen) atoms. The summed E-state index contributed by atoms with van der Waals surface area (Å²) in [7, 11) is 0. The van der Waals surface area contributed by atoms with E-state index in [0.717, 1.165) is 39.8 Å². The third-order valence-electron chi connectivity index (χ3n) is 12.3. The molecule has 0 bridgehead atoms. The Morgan fingerprint density at radius 2 is 0.645 bits per heavy atom. The molecule has 6 aromatic carbocycles. The average molecular weight is 946 g/mol. The van der Waals surface area contributed by atoms with Gasteiger partial charge < -0.3 is 0 Å². The molecule has 0 fully saturated rings. The predicted molar refractivity (Wildman–Crippen MR) is 260 cm³/mol. The Morgan fingerprint density at radius 1 is 0.387 bits per heavy atom. The van der Waals surface area contributed by atoms with E-state index in [1.54, 1.807) is 0 Å². The van der Waals surface area contributed by atoms with Crippen molar-refractivity contribution < 1.29 is 17.1 Å². The first-order valence-electron chi connectivity index (χ1n) is 21.8. The van der Waals surface area contributed by atoms with Crippen molar-refractivity contribution in [2.24, 2.45) is 0 Å². The number of amides is 2. The van der Waals surface area contributed by atoms with Crippen LogP contribution in [0.15, 0.2) is 146 Å². The molecule has 2 heterocycles. The second kappa shape index (κ2) is 15.3. The van der Waals surface area contributed by atoms with Gasteiger partial charge in [-0.2, -0.15) is 0 Å². The summed E-state index contributed by atoms with van der Waals surface area (Å²) < 4.78 is 22.7. The van der Waals surface area contributed by atoms with Crippen molar-refractivity contribution in [3.8, 4) is 11.5 Å². The van der Waals surface area contributed by atoms with Gasteiger partial charge in [-0.15, -0.1) is 0 Å². The Bertz CT molecular complexity index is 2390. The minimum absolute atomic E-state index is 0.273. The Hall–Kier alpha value is -5.05. The molecule has 0 saturated carbocycles. The van der Waals surface area contributed by atoms with Gasteiger partial charge >= 0.3 is 377 Å². The van der Waals surface area contributed by atoms with E-state index in [-0.39, 0.29) is 21.7 Å². The first-order valence-corrected chi connectivity index (χ1v) is 29.6. The van der Waals surface area contributed by atoms with E-state index in [2.05, 4.69) is 156 Å². The van der Waals surface area contributed by atoms with Gasteiger partial charge in [0.05, 0.1) is 0 Å². The van der Waals surface area contributed by atoms with Crippen molar-refractivity contribution in [3.63, 3.8) is 0 Å². The maximum absolute atomic E-state index is 16.6. The molecule has 8 rings (SSSR count). The summed E-state index contributed by atoms with van der Waals surface area (Å²) >= 11 is -9.31. The monoisotopic (exact) mass is 948 g/mol. The molecule has 0 saturated heterocycles. The zero-order valence-electron chi connectivity index (χ0n) is 38.4. The number of fused-ring (bicyclic) bond motifs is 2. The molecule has 0 atom stereocenters. The SMILES string of the molecule is CC(C)(C)c1cc2c(c(C(C)(C)C)c1)[O][Ge]([c]1ccccc1)([c]1ccccc1)[N]2C(=O)C(=O)[N]1c2cc(C(C)(C)C)cc(C(C)(C)C)c2[O][Ge]1([c]1ccccc1)[c]1ccccc1. The van der Waals surface area contributed by atoms with E-state index in [4.69, 9.17) is 7.53 Å². The fourth-order valence-electron chi connectivity index (χ4n) is 8.92. The van der Waals surface area contributed by atoms with Crippen LogP contribution in [0.25, 0.3) is 0 Å². The molecule has 0 radical (unpaired) electrons. The van der Waals surface area contributed by atoms with Crippen molar-refractivity contribution in [1.29, 1.82) is 0 Å². The molecule has 0 spiro atoms. The zero-order valence-corrected chi connectivity index (χ0v) is 42.6. The molecule has 6 aromatic rings. The second-order valence-corrected chi connectivity index (χ2v) is 34.0. The molecule has 318 valence electrons. The summed E-state index contributed by atoms with van der Waals surface area (Å²) in [5.74, 6) is 0.0843. The molecule has 2 aliphatic heterocycles. The van der Waals surface area contributed by atoms with Crippen LogP contribution in [0.1, 0.15) is 105 Å². The fourth-order valence-corrected chi connectivity index (χ4v) is 25.1. The van der Waals surface area contributed by atoms with Crippen molar-refractivity contribution >= 4 is 68.4 Å². The molecular formula is C54H60Ge2N2O4. The van der Waals surface area contributed by atoms with Crippen LogP contribution in [-0.4, -0.2) is 39.5 Å². The number of benzene rings is 6. The number of hydrogen-bond acceptors (Lipinski definition) is 4. The summed E-state index contributed by atoms with van der Waals surface area (Å²) in [5.41, 5.74) is 4.17. The summed E-state index contributed by atoms with van der Waals surface area (Å²) in [5, 5.41) is 0. The quantitative estimate of drug-likeness (QED) is 0.131. The van der Waals surface area contributed by atoms with E-state index in [1.807, 2.05) is 80.5 Å². The van der Waals surface area contributed by atoms with Gasteiger partial charge in [0, 0.05) is 0 Å². The van der Waals surface area contributed by atoms with Crippen LogP contribution < -0.4 is 32.8 Å². The van der Waals surface area contributed by atoms with E-state index < -0.39 is 39.5 Å². The number of carbonyl (C=O) groups excluding carboxylic acids is 2. The Kier molecular flexibility index (Phi) is 10.8. The van der Waals surface area contributed by atoms with Crippen molar-refractivity contribution in [1.82, 2.24) is 0 Å². The third kappa shape index (κ3) is 7.21. The summed E-state index contributed by atoms with van der Waals surface area (Å²) in [6.07, 6.45) is 0. The van der Waals surface area contributed by atoms with Crippen molar-refractivity contribution in [2.75, 3.05) is 7.71 Å². The molecule has 2 amide bonds. The first kappa shape index (κ1) is 43.6. The minimum atomic E-state index is -4.66. The Labute approximate surface area is 375 Å². The van der Waals surface area contributed by atoms with Crippen LogP contribution in [-0.2, 0) is 31.2 Å². The van der Waals surface area contributed by atoms with Gasteiger partial charge in [0.1, 0.15) is 0 Å². The Balaban J connectivity index is 1.49. The summed E-state index contributed by atoms with van der Waals surface area (Å²) in [6, 6.07) is 49.3. The summed E-state index contributed by atoms with van der Waals surface area (Å²) in [4.78, 5) is 33.2. The Morgan fingerprint density at radius 3 is 0.871 bits per heavy atom. The molecule has 0 unspecified atom stereocenters. The molecule has 0 aromatic heterocycles. The van der Waals surface area contributed by atoms with Crippen LogP contribution in [0.4, 0.5) is 11.4 Å². The fraction of sp³-hybridized carbons (Fsp3) is 0.296. The van der Waals surface area contributed by atoms with Gasteiger partial charge in [-0.1, -0.05) is 0 Å². The first-order chi connectivity index (χ1) is 29.1. The van der Waals surface area contributed by atoms with Crippen molar-refractivity contribution in [2.45, 2.75) is 105 Å². The van der Waals surface area contributed by atoms with Crippen LogP contribution in [0, 0.1) is 0 Å². The van der Waals surface area contributed by atoms with Crippen LogP contribution >= 0.6 is 0 Å². The van der Waals surface area contributed by atoms with Crippen LogP contribution in [0.3, 0.4) is 0 Å². The van der Waals surface area contributed by atoms with Gasteiger partial charge in [-0.05, 0) is 0 Å². The van der Waals surface area contributed by atoms with Crippen LogP contribution in [0.2, 0.25) is 0 Å². The van der Waals surface area contributed by atoms with E-state index in [9.17, 15) is 0 Å². The van der Waals surface area contributed by atoms with Crippen LogP contribution in [0.5, 0.6) is 11.5 Å². The molecule has 2 aliphatic rings. The molecular weight excluding hydrogens is 886 g/mol.